The average Bonchev–Trinajstić information content (AvgIpc) is 3.72. The molecule has 0 radical (unpaired) electrons. The highest BCUT2D eigenvalue weighted by atomic mass is 32.2. The minimum absolute atomic E-state index is 0.0436. The molecule has 0 saturated carbocycles. The van der Waals surface area contributed by atoms with Crippen molar-refractivity contribution in [1.29, 1.82) is 0 Å². The van der Waals surface area contributed by atoms with E-state index in [1.54, 1.807) is 18.3 Å². The van der Waals surface area contributed by atoms with Crippen molar-refractivity contribution in [2.75, 3.05) is 26.3 Å². The number of fused-ring (bicyclic) bond motifs is 2. The fraction of sp³-hybridized carbons (Fsp3) is 0.471. The van der Waals surface area contributed by atoms with E-state index in [1.165, 1.54) is 4.31 Å². The van der Waals surface area contributed by atoms with Gasteiger partial charge >= 0.3 is 0 Å². The molecule has 1 amide bonds. The zero-order valence-electron chi connectivity index (χ0n) is 26.9. The summed E-state index contributed by atoms with van der Waals surface area (Å²) in [6, 6.07) is 13.4. The Kier molecular flexibility index (Phi) is 9.39. The Balaban J connectivity index is 1.36. The van der Waals surface area contributed by atoms with Gasteiger partial charge in [0.15, 0.2) is 0 Å². The molecule has 1 N–H and O–H groups in total. The summed E-state index contributed by atoms with van der Waals surface area (Å²) in [4.78, 5) is 17.8. The Hall–Kier alpha value is -3.87. The maximum absolute atomic E-state index is 13.9. The minimum Gasteiger partial charge on any atom is -0.472 e. The number of rotatable bonds is 10. The Morgan fingerprint density at radius 2 is 2.00 bits per heavy atom. The number of aryl methyl sites for hydroxylation is 3. The smallest absolute Gasteiger partial charge is 0.248 e. The third kappa shape index (κ3) is 6.38. The predicted molar refractivity (Wildman–Crippen MR) is 174 cm³/mol. The summed E-state index contributed by atoms with van der Waals surface area (Å²) < 4.78 is 42.7. The number of benzene rings is 2. The number of nitrogens with zero attached hydrogens (tertiary/aromatic N) is 5. The van der Waals surface area contributed by atoms with E-state index in [1.807, 2.05) is 50.6 Å². The van der Waals surface area contributed by atoms with Gasteiger partial charge in [-0.05, 0) is 79.6 Å². The molecule has 2 aliphatic rings. The first-order valence-corrected chi connectivity index (χ1v) is 17.5. The first kappa shape index (κ1) is 32.1. The Labute approximate surface area is 270 Å². The summed E-state index contributed by atoms with van der Waals surface area (Å²) in [6.07, 6.45) is 3.02. The van der Waals surface area contributed by atoms with Crippen LogP contribution >= 0.6 is 0 Å². The zero-order valence-corrected chi connectivity index (χ0v) is 27.7. The van der Waals surface area contributed by atoms with Gasteiger partial charge in [-0.25, -0.2) is 18.1 Å². The minimum atomic E-state index is -3.87. The molecule has 4 heterocycles. The van der Waals surface area contributed by atoms with Crippen molar-refractivity contribution in [3.05, 3.63) is 76.5 Å². The predicted octanol–water partition coefficient (Wildman–Crippen LogP) is 4.50. The molecule has 12 heteroatoms. The van der Waals surface area contributed by atoms with Gasteiger partial charge in [0.1, 0.15) is 16.5 Å². The van der Waals surface area contributed by atoms with Crippen LogP contribution in [0.3, 0.4) is 0 Å². The number of pyridine rings is 1. The molecular formula is C34H42N6O5S. The average molecular weight is 647 g/mol. The molecule has 244 valence electrons. The van der Waals surface area contributed by atoms with Crippen molar-refractivity contribution in [3.63, 3.8) is 0 Å². The fourth-order valence-electron chi connectivity index (χ4n) is 6.41. The molecule has 3 atom stereocenters. The maximum atomic E-state index is 13.9. The molecule has 6 rings (SSSR count). The Morgan fingerprint density at radius 3 is 2.76 bits per heavy atom. The summed E-state index contributed by atoms with van der Waals surface area (Å²) in [5.41, 5.74) is 6.50. The van der Waals surface area contributed by atoms with Gasteiger partial charge in [0.2, 0.25) is 21.8 Å². The molecule has 0 bridgehead atoms. The SMILES string of the molecule is CC[C@@H]1CN(Cc2cc([C@H](CC(=O)NCC3CCOC3)c3ccc4c(nnn4CC)c3C)ccc2C)S(=O)(=O)c2cccnc2O1. The van der Waals surface area contributed by atoms with Crippen LogP contribution in [0.5, 0.6) is 5.88 Å². The molecule has 0 aliphatic carbocycles. The van der Waals surface area contributed by atoms with E-state index >= 15 is 0 Å². The number of carbonyl (C=O) groups is 1. The van der Waals surface area contributed by atoms with Gasteiger partial charge in [-0.1, -0.05) is 36.4 Å². The second-order valence-corrected chi connectivity index (χ2v) is 14.2. The molecule has 2 aliphatic heterocycles. The van der Waals surface area contributed by atoms with Crippen molar-refractivity contribution >= 4 is 27.0 Å². The number of nitrogens with one attached hydrogen (secondary N) is 1. The zero-order chi connectivity index (χ0) is 32.4. The van der Waals surface area contributed by atoms with Crippen molar-refractivity contribution < 1.29 is 22.7 Å². The number of carbonyl (C=O) groups excluding carboxylic acids is 1. The van der Waals surface area contributed by atoms with E-state index in [-0.39, 0.29) is 48.2 Å². The summed E-state index contributed by atoms with van der Waals surface area (Å²) in [7, 11) is -3.87. The van der Waals surface area contributed by atoms with Gasteiger partial charge in [-0.3, -0.25) is 4.79 Å². The third-order valence-corrected chi connectivity index (χ3v) is 11.1. The van der Waals surface area contributed by atoms with Crippen LogP contribution in [0.2, 0.25) is 0 Å². The van der Waals surface area contributed by atoms with E-state index in [9.17, 15) is 13.2 Å². The lowest BCUT2D eigenvalue weighted by Crippen LogP contribution is -2.36. The van der Waals surface area contributed by atoms with Gasteiger partial charge in [-0.15, -0.1) is 5.10 Å². The van der Waals surface area contributed by atoms with E-state index in [0.29, 0.717) is 32.0 Å². The molecule has 1 unspecified atom stereocenters. The first-order chi connectivity index (χ1) is 22.2. The van der Waals surface area contributed by atoms with Gasteiger partial charge in [-0.2, -0.15) is 4.31 Å². The number of aromatic nitrogens is 4. The lowest BCUT2D eigenvalue weighted by Gasteiger charge is -2.25. The van der Waals surface area contributed by atoms with Gasteiger partial charge in [0.25, 0.3) is 0 Å². The topological polar surface area (TPSA) is 129 Å². The van der Waals surface area contributed by atoms with Crippen molar-refractivity contribution in [3.8, 4) is 5.88 Å². The highest BCUT2D eigenvalue weighted by Gasteiger charge is 2.35. The Morgan fingerprint density at radius 1 is 1.15 bits per heavy atom. The number of ether oxygens (including phenoxy) is 2. The molecule has 2 aromatic heterocycles. The number of sulfonamides is 1. The second kappa shape index (κ2) is 13.5. The summed E-state index contributed by atoms with van der Waals surface area (Å²) in [6.45, 7) is 11.1. The maximum Gasteiger partial charge on any atom is 0.248 e. The monoisotopic (exact) mass is 646 g/mol. The van der Waals surface area contributed by atoms with Crippen LogP contribution in [0.4, 0.5) is 0 Å². The van der Waals surface area contributed by atoms with Crippen molar-refractivity contribution in [1.82, 2.24) is 29.6 Å². The normalized spacial score (nSPS) is 20.2. The van der Waals surface area contributed by atoms with Crippen molar-refractivity contribution in [2.45, 2.75) is 77.0 Å². The molecule has 46 heavy (non-hydrogen) atoms. The quantitative estimate of drug-likeness (QED) is 0.267. The van der Waals surface area contributed by atoms with Gasteiger partial charge in [0.05, 0.1) is 18.7 Å². The van der Waals surface area contributed by atoms with Crippen LogP contribution < -0.4 is 10.1 Å². The molecular weight excluding hydrogens is 604 g/mol. The number of hydrogen-bond acceptors (Lipinski definition) is 8. The summed E-state index contributed by atoms with van der Waals surface area (Å²) in [5.74, 6) is 0.136. The van der Waals surface area contributed by atoms with Crippen LogP contribution in [-0.4, -0.2) is 71.0 Å². The third-order valence-electron chi connectivity index (χ3n) is 9.28. The fourth-order valence-corrected chi connectivity index (χ4v) is 7.93. The lowest BCUT2D eigenvalue weighted by atomic mass is 9.84. The van der Waals surface area contributed by atoms with Crippen LogP contribution in [0, 0.1) is 19.8 Å². The van der Waals surface area contributed by atoms with Crippen molar-refractivity contribution in [2.24, 2.45) is 5.92 Å². The number of hydrogen-bond donors (Lipinski definition) is 1. The summed E-state index contributed by atoms with van der Waals surface area (Å²) >= 11 is 0. The molecule has 4 aromatic rings. The van der Waals surface area contributed by atoms with E-state index in [2.05, 4.69) is 32.7 Å². The molecule has 0 spiro atoms. The highest BCUT2D eigenvalue weighted by Crippen LogP contribution is 2.36. The van der Waals surface area contributed by atoms with E-state index in [4.69, 9.17) is 9.47 Å². The van der Waals surface area contributed by atoms with Crippen LogP contribution in [-0.2, 0) is 32.6 Å². The molecule has 2 aromatic carbocycles. The summed E-state index contributed by atoms with van der Waals surface area (Å²) in [5, 5.41) is 11.9. The number of amides is 1. The van der Waals surface area contributed by atoms with Crippen LogP contribution in [0.15, 0.2) is 53.6 Å². The molecule has 1 saturated heterocycles. The molecule has 11 nitrogen and oxygen atoms in total. The Bertz CT molecular complexity index is 1840. The highest BCUT2D eigenvalue weighted by molar-refractivity contribution is 7.89. The van der Waals surface area contributed by atoms with Crippen LogP contribution in [0.1, 0.15) is 66.8 Å². The van der Waals surface area contributed by atoms with Crippen LogP contribution in [0.25, 0.3) is 11.0 Å². The molecule has 1 fully saturated rings. The largest absolute Gasteiger partial charge is 0.472 e. The second-order valence-electron chi connectivity index (χ2n) is 12.3. The van der Waals surface area contributed by atoms with E-state index < -0.39 is 10.0 Å². The first-order valence-electron chi connectivity index (χ1n) is 16.1. The lowest BCUT2D eigenvalue weighted by molar-refractivity contribution is -0.121. The van der Waals surface area contributed by atoms with Gasteiger partial charge < -0.3 is 14.8 Å². The van der Waals surface area contributed by atoms with Gasteiger partial charge in [0, 0.05) is 50.7 Å². The van der Waals surface area contributed by atoms with E-state index in [0.717, 1.165) is 51.9 Å². The standard InChI is InChI=1S/C34H42N6O5S/c1-5-27-20-39(46(42,43)31-8-7-14-35-34(31)45-27)19-26-16-25(10-9-22(26)3)29(17-32(41)36-18-24-13-15-44-21-24)28-11-12-30-33(23(28)4)37-38-40(30)6-2/h7-12,14,16,24,27,29H,5-6,13,15,17-21H2,1-4H3,(H,36,41)/t24?,27-,29+/m1/s1.